The number of aromatic nitrogens is 1. The molecule has 12 rings (SSSR count). The van der Waals surface area contributed by atoms with Crippen LogP contribution in [-0.4, -0.2) is 65.2 Å². The minimum Gasteiger partial charge on any atom is -0.469 e. The Kier molecular flexibility index (Phi) is 5.19. The molecule has 0 radical (unpaired) electrons. The molecule has 1 aromatic heterocycles. The SMILES string of the molecule is CC[C@]12CCCN3CCc4c(n(c5ccccc45)[C@@H](c4ccc5c(c4)[C@@]46CCN7CCC[C@]8(CC[C@@]4(N5)[C@H](C(=O)OC)C8)[C@H]76)C1)[C@@H]32. The number of nitrogens with one attached hydrogen (secondary N) is 1. The van der Waals surface area contributed by atoms with Crippen molar-refractivity contribution in [3.8, 4) is 0 Å². The summed E-state index contributed by atoms with van der Waals surface area (Å²) >= 11 is 0. The first-order valence-electron chi connectivity index (χ1n) is 18.6. The van der Waals surface area contributed by atoms with E-state index in [0.717, 1.165) is 25.8 Å². The quantitative estimate of drug-likeness (QED) is 0.322. The van der Waals surface area contributed by atoms with E-state index in [4.69, 9.17) is 4.74 Å². The first-order valence-corrected chi connectivity index (χ1v) is 18.6. The summed E-state index contributed by atoms with van der Waals surface area (Å²) in [5.41, 5.74) is 9.27. The van der Waals surface area contributed by atoms with E-state index in [1.165, 1.54) is 98.7 Å². The van der Waals surface area contributed by atoms with E-state index >= 15 is 0 Å². The highest BCUT2D eigenvalue weighted by Gasteiger charge is 2.79. The molecule has 9 aliphatic rings. The lowest BCUT2D eigenvalue weighted by molar-refractivity contribution is -0.171. The van der Waals surface area contributed by atoms with E-state index in [1.807, 2.05) is 0 Å². The number of hydrogen-bond acceptors (Lipinski definition) is 5. The van der Waals surface area contributed by atoms with Crippen LogP contribution in [0.4, 0.5) is 5.69 Å². The van der Waals surface area contributed by atoms with Gasteiger partial charge in [0.1, 0.15) is 0 Å². The molecule has 7 heterocycles. The third kappa shape index (κ3) is 2.87. The van der Waals surface area contributed by atoms with E-state index in [2.05, 4.69) is 69.1 Å². The fourth-order valence-corrected chi connectivity index (χ4v) is 14.3. The van der Waals surface area contributed by atoms with Gasteiger partial charge in [-0.15, -0.1) is 0 Å². The summed E-state index contributed by atoms with van der Waals surface area (Å²) in [5, 5.41) is 5.66. The molecule has 6 heteroatoms. The molecule has 46 heavy (non-hydrogen) atoms. The minimum atomic E-state index is -0.245. The number of esters is 1. The molecule has 0 unspecified atom stereocenters. The summed E-state index contributed by atoms with van der Waals surface area (Å²) in [6.45, 7) is 7.29. The number of para-hydroxylation sites is 1. The maximum absolute atomic E-state index is 13.7. The van der Waals surface area contributed by atoms with Crippen molar-refractivity contribution >= 4 is 22.6 Å². The van der Waals surface area contributed by atoms with Gasteiger partial charge < -0.3 is 14.6 Å². The number of ether oxygens (including phenoxy) is 1. The average Bonchev–Trinajstić information content (AvgIpc) is 3.76. The fourth-order valence-electron chi connectivity index (χ4n) is 14.3. The lowest BCUT2D eigenvalue weighted by Gasteiger charge is -2.69. The van der Waals surface area contributed by atoms with Crippen molar-refractivity contribution in [2.75, 3.05) is 38.6 Å². The molecule has 6 aliphatic heterocycles. The number of nitrogens with zero attached hydrogens (tertiary/aromatic N) is 3. The number of methoxy groups -OCH3 is 1. The van der Waals surface area contributed by atoms with Gasteiger partial charge in [0.05, 0.1) is 30.7 Å². The van der Waals surface area contributed by atoms with E-state index in [-0.39, 0.29) is 28.3 Å². The Morgan fingerprint density at radius 2 is 1.83 bits per heavy atom. The molecule has 240 valence electrons. The van der Waals surface area contributed by atoms with Crippen LogP contribution < -0.4 is 5.32 Å². The van der Waals surface area contributed by atoms with Gasteiger partial charge in [0.2, 0.25) is 0 Å². The molecule has 3 aromatic rings. The van der Waals surface area contributed by atoms with Crippen LogP contribution in [0.2, 0.25) is 0 Å². The summed E-state index contributed by atoms with van der Waals surface area (Å²) in [6, 6.07) is 18.3. The number of carbonyl (C=O) groups excluding carboxylic acids is 1. The highest BCUT2D eigenvalue weighted by Crippen LogP contribution is 2.74. The summed E-state index contributed by atoms with van der Waals surface area (Å²) in [5.74, 6) is -0.0687. The van der Waals surface area contributed by atoms with Gasteiger partial charge in [-0.3, -0.25) is 14.6 Å². The van der Waals surface area contributed by atoms with E-state index < -0.39 is 0 Å². The largest absolute Gasteiger partial charge is 0.469 e. The molecular weight excluding hydrogens is 568 g/mol. The lowest BCUT2D eigenvalue weighted by Crippen LogP contribution is -2.76. The van der Waals surface area contributed by atoms with E-state index in [0.29, 0.717) is 23.5 Å². The second-order valence-corrected chi connectivity index (χ2v) is 16.8. The molecule has 8 atom stereocenters. The second-order valence-electron chi connectivity index (χ2n) is 16.8. The van der Waals surface area contributed by atoms with Gasteiger partial charge in [-0.05, 0) is 130 Å². The number of anilines is 1. The van der Waals surface area contributed by atoms with Crippen LogP contribution in [0.15, 0.2) is 42.5 Å². The number of rotatable bonds is 3. The maximum Gasteiger partial charge on any atom is 0.311 e. The standard InChI is InChI=1S/C40H48N4O2/c1-3-37-13-6-18-42-20-12-27-26-8-4-5-9-31(26)44(33(27)34(37)42)32(24-37)25-10-11-30-28(22-25)39-17-21-43-19-7-14-38(36(39)43)15-16-40(39,41-30)29(23-38)35(45)46-2/h4-5,8-11,22,29,32,34,36,41H,3,6-7,12-21,23-24H2,1-2H3/t29-,32+,34+,36-,37-,38+,39+,40+/m0/s1. The normalized spacial score (nSPS) is 41.4. The summed E-state index contributed by atoms with van der Waals surface area (Å²) in [4.78, 5) is 19.4. The van der Waals surface area contributed by atoms with Crippen molar-refractivity contribution in [1.82, 2.24) is 14.4 Å². The van der Waals surface area contributed by atoms with Crippen molar-refractivity contribution in [2.45, 2.75) is 107 Å². The Labute approximate surface area is 272 Å². The number of piperidine rings is 2. The molecule has 2 bridgehead atoms. The van der Waals surface area contributed by atoms with Gasteiger partial charge in [-0.1, -0.05) is 37.3 Å². The molecule has 2 aromatic carbocycles. The maximum atomic E-state index is 13.7. The molecule has 3 aliphatic carbocycles. The number of benzene rings is 2. The molecule has 3 spiro atoms. The first-order chi connectivity index (χ1) is 22.5. The first kappa shape index (κ1) is 27.2. The monoisotopic (exact) mass is 616 g/mol. The number of hydrogen-bond donors (Lipinski definition) is 1. The zero-order chi connectivity index (χ0) is 30.6. The summed E-state index contributed by atoms with van der Waals surface area (Å²) in [7, 11) is 1.61. The Morgan fingerprint density at radius 3 is 2.72 bits per heavy atom. The molecule has 6 fully saturated rings. The van der Waals surface area contributed by atoms with Crippen LogP contribution in [0.25, 0.3) is 10.9 Å². The van der Waals surface area contributed by atoms with E-state index in [9.17, 15) is 4.79 Å². The summed E-state index contributed by atoms with van der Waals surface area (Å²) in [6.07, 6.45) is 13.2. The van der Waals surface area contributed by atoms with Crippen molar-refractivity contribution in [1.29, 1.82) is 0 Å². The fraction of sp³-hybridized carbons (Fsp3) is 0.625. The lowest BCUT2D eigenvalue weighted by atomic mass is 9.39. The predicted octanol–water partition coefficient (Wildman–Crippen LogP) is 6.97. The van der Waals surface area contributed by atoms with Crippen molar-refractivity contribution in [3.63, 3.8) is 0 Å². The molecule has 6 nitrogen and oxygen atoms in total. The predicted molar refractivity (Wildman–Crippen MR) is 180 cm³/mol. The van der Waals surface area contributed by atoms with Crippen molar-refractivity contribution < 1.29 is 9.53 Å². The van der Waals surface area contributed by atoms with Gasteiger partial charge in [0.25, 0.3) is 0 Å². The van der Waals surface area contributed by atoms with Crippen LogP contribution >= 0.6 is 0 Å². The van der Waals surface area contributed by atoms with Gasteiger partial charge >= 0.3 is 5.97 Å². The Bertz CT molecular complexity index is 1830. The Hall–Kier alpha value is -2.83. The van der Waals surface area contributed by atoms with Gasteiger partial charge in [-0.25, -0.2) is 0 Å². The van der Waals surface area contributed by atoms with Gasteiger partial charge in [0, 0.05) is 40.3 Å². The van der Waals surface area contributed by atoms with Crippen molar-refractivity contribution in [3.05, 3.63) is 64.8 Å². The topological polar surface area (TPSA) is 49.7 Å². The zero-order valence-corrected chi connectivity index (χ0v) is 27.6. The van der Waals surface area contributed by atoms with Gasteiger partial charge in [0.15, 0.2) is 0 Å². The van der Waals surface area contributed by atoms with Crippen molar-refractivity contribution in [2.24, 2.45) is 16.7 Å². The highest BCUT2D eigenvalue weighted by molar-refractivity contribution is 5.87. The van der Waals surface area contributed by atoms with Crippen LogP contribution in [0.3, 0.4) is 0 Å². The zero-order valence-electron chi connectivity index (χ0n) is 27.6. The summed E-state index contributed by atoms with van der Waals surface area (Å²) < 4.78 is 8.44. The molecule has 1 N–H and O–H groups in total. The number of fused-ring (bicyclic) bond motifs is 6. The van der Waals surface area contributed by atoms with E-state index in [1.54, 1.807) is 18.4 Å². The molecule has 3 saturated heterocycles. The molecule has 3 saturated carbocycles. The van der Waals surface area contributed by atoms with Crippen LogP contribution in [0.5, 0.6) is 0 Å². The number of carbonyl (C=O) groups is 1. The molecule has 0 amide bonds. The second kappa shape index (κ2) is 8.79. The van der Waals surface area contributed by atoms with Gasteiger partial charge in [-0.2, -0.15) is 0 Å². The minimum absolute atomic E-state index is 0.0111. The third-order valence-corrected chi connectivity index (χ3v) is 15.7. The third-order valence-electron chi connectivity index (χ3n) is 15.7. The van der Waals surface area contributed by atoms with Crippen LogP contribution in [0, 0.1) is 16.7 Å². The highest BCUT2D eigenvalue weighted by atomic mass is 16.5. The molecular formula is C40H48N4O2. The Morgan fingerprint density at radius 1 is 0.957 bits per heavy atom. The smallest absolute Gasteiger partial charge is 0.311 e. The Balaban J connectivity index is 1.13. The van der Waals surface area contributed by atoms with Crippen LogP contribution in [0.1, 0.15) is 106 Å². The average molecular weight is 617 g/mol. The van der Waals surface area contributed by atoms with Crippen LogP contribution in [-0.2, 0) is 21.4 Å².